The molecule has 2 heterocycles. The Hall–Kier alpha value is -0.480. The fourth-order valence-corrected chi connectivity index (χ4v) is 2.40. The van der Waals surface area contributed by atoms with E-state index in [0.29, 0.717) is 0 Å². The third kappa shape index (κ3) is 1.25. The summed E-state index contributed by atoms with van der Waals surface area (Å²) in [5.74, 6) is 3.03. The number of nitrogens with zero attached hydrogens (tertiary/aromatic N) is 1. The van der Waals surface area contributed by atoms with E-state index < -0.39 is 0 Å². The van der Waals surface area contributed by atoms with Crippen LogP contribution in [-0.2, 0) is 12.2 Å². The Bertz CT molecular complexity index is 283. The number of aryl methyl sites for hydroxylation is 1. The SMILES string of the molecule is CC(N)c1onc2c1CSCC2. The van der Waals surface area contributed by atoms with Crippen LogP contribution >= 0.6 is 11.8 Å². The van der Waals surface area contributed by atoms with E-state index in [0.717, 1.165) is 29.4 Å². The Morgan fingerprint density at radius 3 is 3.25 bits per heavy atom. The highest BCUT2D eigenvalue weighted by Gasteiger charge is 2.21. The molecule has 2 N–H and O–H groups in total. The Morgan fingerprint density at radius 1 is 1.67 bits per heavy atom. The summed E-state index contributed by atoms with van der Waals surface area (Å²) in [5, 5.41) is 4.01. The molecule has 66 valence electrons. The lowest BCUT2D eigenvalue weighted by Crippen LogP contribution is -2.08. The third-order valence-corrected chi connectivity index (χ3v) is 3.03. The average molecular weight is 184 g/mol. The topological polar surface area (TPSA) is 52.0 Å². The van der Waals surface area contributed by atoms with Crippen molar-refractivity contribution in [1.29, 1.82) is 0 Å². The molecule has 1 aliphatic heterocycles. The molecule has 1 aromatic heterocycles. The summed E-state index contributed by atoms with van der Waals surface area (Å²) in [4.78, 5) is 0. The van der Waals surface area contributed by atoms with Gasteiger partial charge in [0.1, 0.15) is 0 Å². The van der Waals surface area contributed by atoms with Gasteiger partial charge in [-0.05, 0) is 12.7 Å². The molecule has 0 fully saturated rings. The quantitative estimate of drug-likeness (QED) is 0.718. The van der Waals surface area contributed by atoms with Gasteiger partial charge in [0.15, 0.2) is 5.76 Å². The van der Waals surface area contributed by atoms with Gasteiger partial charge in [-0.1, -0.05) is 5.16 Å². The minimum atomic E-state index is -0.0278. The zero-order valence-corrected chi connectivity index (χ0v) is 7.86. The molecular formula is C8H12N2OS. The molecule has 0 radical (unpaired) electrons. The van der Waals surface area contributed by atoms with Crippen LogP contribution in [0.1, 0.15) is 30.0 Å². The first-order valence-electron chi connectivity index (χ1n) is 4.09. The average Bonchev–Trinajstić information content (AvgIpc) is 2.47. The van der Waals surface area contributed by atoms with Crippen molar-refractivity contribution in [1.82, 2.24) is 5.16 Å². The first kappa shape index (κ1) is 8.13. The summed E-state index contributed by atoms with van der Waals surface area (Å²) in [6.07, 6.45) is 1.02. The number of thioether (sulfide) groups is 1. The Kier molecular flexibility index (Phi) is 2.11. The minimum Gasteiger partial charge on any atom is -0.359 e. The van der Waals surface area contributed by atoms with E-state index in [2.05, 4.69) is 5.16 Å². The summed E-state index contributed by atoms with van der Waals surface area (Å²) in [7, 11) is 0. The van der Waals surface area contributed by atoms with Gasteiger partial charge in [0.2, 0.25) is 0 Å². The summed E-state index contributed by atoms with van der Waals surface area (Å²) < 4.78 is 5.19. The number of rotatable bonds is 1. The molecule has 0 saturated carbocycles. The molecule has 0 spiro atoms. The standard InChI is InChI=1S/C8H12N2OS/c1-5(9)8-6-4-12-3-2-7(6)10-11-8/h5H,2-4,9H2,1H3. The van der Waals surface area contributed by atoms with E-state index in [-0.39, 0.29) is 6.04 Å². The predicted molar refractivity (Wildman–Crippen MR) is 49.0 cm³/mol. The van der Waals surface area contributed by atoms with Crippen molar-refractivity contribution in [2.24, 2.45) is 5.73 Å². The maximum Gasteiger partial charge on any atom is 0.157 e. The van der Waals surface area contributed by atoms with Crippen molar-refractivity contribution in [3.8, 4) is 0 Å². The van der Waals surface area contributed by atoms with Gasteiger partial charge in [-0.3, -0.25) is 0 Å². The van der Waals surface area contributed by atoms with Crippen molar-refractivity contribution in [2.45, 2.75) is 25.1 Å². The normalized spacial score (nSPS) is 18.8. The first-order chi connectivity index (χ1) is 5.79. The van der Waals surface area contributed by atoms with E-state index >= 15 is 0 Å². The highest BCUT2D eigenvalue weighted by atomic mass is 32.2. The molecular weight excluding hydrogens is 172 g/mol. The summed E-state index contributed by atoms with van der Waals surface area (Å²) >= 11 is 1.92. The molecule has 4 heteroatoms. The van der Waals surface area contributed by atoms with Crippen LogP contribution in [0.15, 0.2) is 4.52 Å². The lowest BCUT2D eigenvalue weighted by Gasteiger charge is -2.09. The molecule has 1 unspecified atom stereocenters. The number of nitrogens with two attached hydrogens (primary N) is 1. The second-order valence-electron chi connectivity index (χ2n) is 3.06. The van der Waals surface area contributed by atoms with Crippen LogP contribution in [0.2, 0.25) is 0 Å². The monoisotopic (exact) mass is 184 g/mol. The summed E-state index contributed by atoms with van der Waals surface area (Å²) in [6, 6.07) is -0.0278. The van der Waals surface area contributed by atoms with Gasteiger partial charge in [-0.25, -0.2) is 0 Å². The van der Waals surface area contributed by atoms with Crippen LogP contribution < -0.4 is 5.73 Å². The van der Waals surface area contributed by atoms with E-state index in [4.69, 9.17) is 10.3 Å². The Labute approximate surface area is 75.7 Å². The van der Waals surface area contributed by atoms with Gasteiger partial charge >= 0.3 is 0 Å². The third-order valence-electron chi connectivity index (χ3n) is 2.04. The first-order valence-corrected chi connectivity index (χ1v) is 5.25. The number of hydrogen-bond donors (Lipinski definition) is 1. The number of hydrogen-bond acceptors (Lipinski definition) is 4. The lowest BCUT2D eigenvalue weighted by molar-refractivity contribution is 0.362. The van der Waals surface area contributed by atoms with Gasteiger partial charge in [0, 0.05) is 17.7 Å². The summed E-state index contributed by atoms with van der Waals surface area (Å²) in [5.41, 5.74) is 8.09. The molecule has 1 aromatic rings. The smallest absolute Gasteiger partial charge is 0.157 e. The zero-order chi connectivity index (χ0) is 8.55. The van der Waals surface area contributed by atoms with E-state index in [1.807, 2.05) is 18.7 Å². The molecule has 0 amide bonds. The fraction of sp³-hybridized carbons (Fsp3) is 0.625. The molecule has 0 aromatic carbocycles. The van der Waals surface area contributed by atoms with Crippen LogP contribution in [0.25, 0.3) is 0 Å². The van der Waals surface area contributed by atoms with Crippen LogP contribution in [0.3, 0.4) is 0 Å². The second-order valence-corrected chi connectivity index (χ2v) is 4.17. The van der Waals surface area contributed by atoms with E-state index in [9.17, 15) is 0 Å². The lowest BCUT2D eigenvalue weighted by atomic mass is 10.1. The molecule has 1 atom stereocenters. The van der Waals surface area contributed by atoms with Gasteiger partial charge in [-0.2, -0.15) is 11.8 Å². The van der Waals surface area contributed by atoms with Crippen molar-refractivity contribution < 1.29 is 4.52 Å². The maximum absolute atomic E-state index is 5.74. The number of fused-ring (bicyclic) bond motifs is 1. The van der Waals surface area contributed by atoms with E-state index in [1.54, 1.807) is 0 Å². The highest BCUT2D eigenvalue weighted by Crippen LogP contribution is 2.29. The zero-order valence-electron chi connectivity index (χ0n) is 7.04. The summed E-state index contributed by atoms with van der Waals surface area (Å²) in [6.45, 7) is 1.93. The molecule has 3 nitrogen and oxygen atoms in total. The molecule has 0 bridgehead atoms. The number of aromatic nitrogens is 1. The highest BCUT2D eigenvalue weighted by molar-refractivity contribution is 7.98. The van der Waals surface area contributed by atoms with Crippen molar-refractivity contribution in [3.05, 3.63) is 17.0 Å². The second kappa shape index (κ2) is 3.11. The largest absolute Gasteiger partial charge is 0.359 e. The molecule has 0 aliphatic carbocycles. The van der Waals surface area contributed by atoms with Crippen LogP contribution in [0, 0.1) is 0 Å². The minimum absolute atomic E-state index is 0.0278. The van der Waals surface area contributed by atoms with Crippen molar-refractivity contribution in [3.63, 3.8) is 0 Å². The molecule has 2 rings (SSSR count). The molecule has 12 heavy (non-hydrogen) atoms. The van der Waals surface area contributed by atoms with Crippen LogP contribution in [-0.4, -0.2) is 10.9 Å². The van der Waals surface area contributed by atoms with Crippen molar-refractivity contribution >= 4 is 11.8 Å². The Balaban J connectivity index is 2.38. The Morgan fingerprint density at radius 2 is 2.50 bits per heavy atom. The van der Waals surface area contributed by atoms with E-state index in [1.165, 1.54) is 5.56 Å². The molecule has 1 aliphatic rings. The van der Waals surface area contributed by atoms with Gasteiger partial charge in [0.05, 0.1) is 11.7 Å². The molecule has 0 saturated heterocycles. The van der Waals surface area contributed by atoms with Gasteiger partial charge in [0.25, 0.3) is 0 Å². The predicted octanol–water partition coefficient (Wildman–Crippen LogP) is 1.48. The van der Waals surface area contributed by atoms with Crippen LogP contribution in [0.4, 0.5) is 0 Å². The van der Waals surface area contributed by atoms with Crippen molar-refractivity contribution in [2.75, 3.05) is 5.75 Å². The maximum atomic E-state index is 5.74. The van der Waals surface area contributed by atoms with Gasteiger partial charge < -0.3 is 10.3 Å². The fourth-order valence-electron chi connectivity index (χ4n) is 1.41. The van der Waals surface area contributed by atoms with Crippen LogP contribution in [0.5, 0.6) is 0 Å². The van der Waals surface area contributed by atoms with Gasteiger partial charge in [-0.15, -0.1) is 0 Å².